The summed E-state index contributed by atoms with van der Waals surface area (Å²) < 4.78 is 43.8. The largest absolute Gasteiger partial charge is 0.477 e. The van der Waals surface area contributed by atoms with Crippen LogP contribution in [0.15, 0.2) is 36.8 Å². The summed E-state index contributed by atoms with van der Waals surface area (Å²) in [5, 5.41) is 0. The van der Waals surface area contributed by atoms with E-state index in [9.17, 15) is 13.2 Å². The fourth-order valence-electron chi connectivity index (χ4n) is 3.06. The quantitative estimate of drug-likeness (QED) is 0.665. The number of H-pyrrole nitrogens is 1. The Kier molecular flexibility index (Phi) is 4.78. The van der Waals surface area contributed by atoms with E-state index in [1.807, 2.05) is 13.0 Å². The molecule has 1 aliphatic rings. The van der Waals surface area contributed by atoms with Gasteiger partial charge in [0, 0.05) is 29.6 Å². The Morgan fingerprint density at radius 1 is 1.11 bits per heavy atom. The molecule has 0 saturated heterocycles. The molecule has 1 aliphatic carbocycles. The minimum Gasteiger partial charge on any atom is -0.477 e. The van der Waals surface area contributed by atoms with Gasteiger partial charge in [0.05, 0.1) is 12.8 Å². The lowest BCUT2D eigenvalue weighted by molar-refractivity contribution is -0.140. The molecule has 0 aliphatic heterocycles. The van der Waals surface area contributed by atoms with Crippen LogP contribution in [0.25, 0.3) is 22.6 Å². The molecule has 3 heterocycles. The number of imidazole rings is 1. The molecule has 0 unspecified atom stereocenters. The first kappa shape index (κ1) is 18.5. The van der Waals surface area contributed by atoms with E-state index in [2.05, 4.69) is 19.9 Å². The van der Waals surface area contributed by atoms with Crippen LogP contribution in [0.4, 0.5) is 13.2 Å². The predicted molar refractivity (Wildman–Crippen MR) is 97.6 cm³/mol. The van der Waals surface area contributed by atoms with Crippen LogP contribution in [-0.2, 0) is 6.18 Å². The van der Waals surface area contributed by atoms with Crippen molar-refractivity contribution in [3.63, 3.8) is 0 Å². The van der Waals surface area contributed by atoms with E-state index in [1.165, 1.54) is 19.3 Å². The number of nitrogens with one attached hydrogen (secondary N) is 1. The first-order valence-corrected chi connectivity index (χ1v) is 9.08. The van der Waals surface area contributed by atoms with E-state index in [0.29, 0.717) is 24.1 Å². The second kappa shape index (κ2) is 7.26. The summed E-state index contributed by atoms with van der Waals surface area (Å²) in [6.45, 7) is 2.66. The van der Waals surface area contributed by atoms with Crippen LogP contribution in [0.1, 0.15) is 30.5 Å². The van der Waals surface area contributed by atoms with Crippen molar-refractivity contribution < 1.29 is 17.9 Å². The number of nitrogens with zero attached hydrogens (tertiary/aromatic N) is 3. The Balaban J connectivity index is 1.49. The summed E-state index contributed by atoms with van der Waals surface area (Å²) in [6, 6.07) is 5.32. The van der Waals surface area contributed by atoms with Gasteiger partial charge in [-0.2, -0.15) is 13.2 Å². The number of aromatic amines is 1. The summed E-state index contributed by atoms with van der Waals surface area (Å²) in [5.41, 5.74) is 2.15. The van der Waals surface area contributed by atoms with Gasteiger partial charge in [0.25, 0.3) is 0 Å². The van der Waals surface area contributed by atoms with Crippen LogP contribution >= 0.6 is 0 Å². The number of pyridine rings is 2. The number of aromatic nitrogens is 4. The molecule has 3 aromatic heterocycles. The number of rotatable bonds is 5. The molecule has 28 heavy (non-hydrogen) atoms. The van der Waals surface area contributed by atoms with E-state index in [-0.39, 0.29) is 5.82 Å². The van der Waals surface area contributed by atoms with Gasteiger partial charge in [-0.25, -0.2) is 9.97 Å². The molecule has 146 valence electrons. The predicted octanol–water partition coefficient (Wildman–Crippen LogP) is 5.04. The maximum Gasteiger partial charge on any atom is 0.432 e. The smallest absolute Gasteiger partial charge is 0.432 e. The summed E-state index contributed by atoms with van der Waals surface area (Å²) >= 11 is 0. The SMILES string of the molecule is Cc1cc(OCC2CCC2)ncc1-c1ccc(-c2ncc(C(F)(F)F)[nH]2)nc1. The molecule has 3 aromatic rings. The molecule has 1 N–H and O–H groups in total. The lowest BCUT2D eigenvalue weighted by Gasteiger charge is -2.24. The van der Waals surface area contributed by atoms with Crippen molar-refractivity contribution in [2.24, 2.45) is 5.92 Å². The number of ether oxygens (including phenoxy) is 1. The Labute approximate surface area is 160 Å². The lowest BCUT2D eigenvalue weighted by atomic mass is 9.86. The van der Waals surface area contributed by atoms with E-state index >= 15 is 0 Å². The number of alkyl halides is 3. The highest BCUT2D eigenvalue weighted by Gasteiger charge is 2.33. The monoisotopic (exact) mass is 388 g/mol. The van der Waals surface area contributed by atoms with Crippen LogP contribution in [0, 0.1) is 12.8 Å². The first-order valence-electron chi connectivity index (χ1n) is 9.08. The molecular formula is C20H19F3N4O. The number of hydrogen-bond donors (Lipinski definition) is 1. The molecule has 5 nitrogen and oxygen atoms in total. The van der Waals surface area contributed by atoms with Crippen molar-refractivity contribution >= 4 is 0 Å². The van der Waals surface area contributed by atoms with E-state index in [0.717, 1.165) is 22.9 Å². The highest BCUT2D eigenvalue weighted by molar-refractivity contribution is 5.67. The van der Waals surface area contributed by atoms with Crippen LogP contribution in [0.3, 0.4) is 0 Å². The van der Waals surface area contributed by atoms with Gasteiger partial charge >= 0.3 is 6.18 Å². The van der Waals surface area contributed by atoms with Crippen molar-refractivity contribution in [2.45, 2.75) is 32.4 Å². The van der Waals surface area contributed by atoms with Crippen LogP contribution in [0.2, 0.25) is 0 Å². The Bertz CT molecular complexity index is 962. The maximum absolute atomic E-state index is 12.7. The number of hydrogen-bond acceptors (Lipinski definition) is 4. The van der Waals surface area contributed by atoms with E-state index in [1.54, 1.807) is 24.5 Å². The highest BCUT2D eigenvalue weighted by Crippen LogP contribution is 2.31. The molecule has 0 bridgehead atoms. The zero-order valence-electron chi connectivity index (χ0n) is 15.3. The molecule has 0 amide bonds. The normalized spacial score (nSPS) is 14.7. The molecule has 0 radical (unpaired) electrons. The van der Waals surface area contributed by atoms with Gasteiger partial charge in [0.1, 0.15) is 11.4 Å². The van der Waals surface area contributed by atoms with Crippen molar-refractivity contribution in [3.8, 4) is 28.5 Å². The Morgan fingerprint density at radius 2 is 1.93 bits per heavy atom. The number of halogens is 3. The van der Waals surface area contributed by atoms with E-state index in [4.69, 9.17) is 4.74 Å². The molecule has 4 rings (SSSR count). The highest BCUT2D eigenvalue weighted by atomic mass is 19.4. The minimum atomic E-state index is -4.46. The van der Waals surface area contributed by atoms with E-state index < -0.39 is 11.9 Å². The van der Waals surface area contributed by atoms with Gasteiger partial charge in [-0.3, -0.25) is 4.98 Å². The molecule has 1 saturated carbocycles. The lowest BCUT2D eigenvalue weighted by Crippen LogP contribution is -2.19. The van der Waals surface area contributed by atoms with Crippen molar-refractivity contribution in [2.75, 3.05) is 6.61 Å². The summed E-state index contributed by atoms with van der Waals surface area (Å²) in [6.07, 6.45) is 3.35. The molecule has 0 aromatic carbocycles. The fourth-order valence-corrected chi connectivity index (χ4v) is 3.06. The van der Waals surface area contributed by atoms with Gasteiger partial charge in [-0.05, 0) is 37.3 Å². The molecular weight excluding hydrogens is 369 g/mol. The zero-order valence-corrected chi connectivity index (χ0v) is 15.3. The molecule has 0 atom stereocenters. The van der Waals surface area contributed by atoms with Crippen LogP contribution in [-0.4, -0.2) is 26.5 Å². The van der Waals surface area contributed by atoms with Gasteiger partial charge in [0.2, 0.25) is 5.88 Å². The molecule has 8 heteroatoms. The molecule has 0 spiro atoms. The van der Waals surface area contributed by atoms with Gasteiger partial charge in [-0.15, -0.1) is 0 Å². The van der Waals surface area contributed by atoms with Gasteiger partial charge in [0.15, 0.2) is 5.82 Å². The second-order valence-electron chi connectivity index (χ2n) is 7.02. The van der Waals surface area contributed by atoms with Crippen LogP contribution in [0.5, 0.6) is 5.88 Å². The average Bonchev–Trinajstić information content (AvgIpc) is 3.11. The third-order valence-electron chi connectivity index (χ3n) is 4.98. The Morgan fingerprint density at radius 3 is 2.50 bits per heavy atom. The standard InChI is InChI=1S/C20H19F3N4O/c1-12-7-18(28-11-13-3-2-4-13)25-9-15(12)14-5-6-16(24-8-14)19-26-10-17(27-19)20(21,22)23/h5-10,13H,2-4,11H2,1H3,(H,26,27). The Hall–Kier alpha value is -2.90. The van der Waals surface area contributed by atoms with Crippen molar-refractivity contribution in [3.05, 3.63) is 48.0 Å². The molecule has 1 fully saturated rings. The second-order valence-corrected chi connectivity index (χ2v) is 7.02. The van der Waals surface area contributed by atoms with Gasteiger partial charge < -0.3 is 9.72 Å². The minimum absolute atomic E-state index is 0.0773. The topological polar surface area (TPSA) is 63.7 Å². The third-order valence-corrected chi connectivity index (χ3v) is 4.98. The maximum atomic E-state index is 12.7. The average molecular weight is 388 g/mol. The zero-order chi connectivity index (χ0) is 19.7. The summed E-state index contributed by atoms with van der Waals surface area (Å²) in [4.78, 5) is 14.6. The summed E-state index contributed by atoms with van der Waals surface area (Å²) in [7, 11) is 0. The fraction of sp³-hybridized carbons (Fsp3) is 0.350. The summed E-state index contributed by atoms with van der Waals surface area (Å²) in [5.74, 6) is 1.32. The first-order chi connectivity index (χ1) is 13.4. The van der Waals surface area contributed by atoms with Crippen molar-refractivity contribution in [1.29, 1.82) is 0 Å². The number of aryl methyl sites for hydroxylation is 1. The van der Waals surface area contributed by atoms with Crippen LogP contribution < -0.4 is 4.74 Å². The third kappa shape index (κ3) is 3.85. The van der Waals surface area contributed by atoms with Gasteiger partial charge in [-0.1, -0.05) is 12.5 Å². The van der Waals surface area contributed by atoms with Crippen molar-refractivity contribution in [1.82, 2.24) is 19.9 Å².